The Hall–Kier alpha value is -1.34. The summed E-state index contributed by atoms with van der Waals surface area (Å²) in [5.74, 6) is 0. The van der Waals surface area contributed by atoms with E-state index in [0.29, 0.717) is 6.04 Å². The van der Waals surface area contributed by atoms with Gasteiger partial charge in [-0.15, -0.1) is 0 Å². The fraction of sp³-hybridized carbons (Fsp3) is 0.583. The third kappa shape index (κ3) is 3.62. The first-order chi connectivity index (χ1) is 12.1. The molecule has 0 spiro atoms. The molecule has 0 radical (unpaired) electrons. The first kappa shape index (κ1) is 18.5. The molecular formula is C24H35N. The van der Waals surface area contributed by atoms with Crippen LogP contribution in [0.5, 0.6) is 0 Å². The first-order valence-electron chi connectivity index (χ1n) is 10.3. The van der Waals surface area contributed by atoms with Gasteiger partial charge in [0.25, 0.3) is 0 Å². The van der Waals surface area contributed by atoms with Gasteiger partial charge in [-0.3, -0.25) is 4.90 Å². The van der Waals surface area contributed by atoms with Gasteiger partial charge in [0.2, 0.25) is 0 Å². The van der Waals surface area contributed by atoms with Crippen molar-refractivity contribution in [1.82, 2.24) is 4.90 Å². The summed E-state index contributed by atoms with van der Waals surface area (Å²) in [5.41, 5.74) is 11.2. The highest BCUT2D eigenvalue weighted by Gasteiger charge is 2.32. The highest BCUT2D eigenvalue weighted by molar-refractivity contribution is 5.46. The Labute approximate surface area is 154 Å². The van der Waals surface area contributed by atoms with Gasteiger partial charge in [0.05, 0.1) is 0 Å². The lowest BCUT2D eigenvalue weighted by molar-refractivity contribution is 0.187. The second-order valence-electron chi connectivity index (χ2n) is 7.96. The van der Waals surface area contributed by atoms with Crippen LogP contribution in [0, 0.1) is 0 Å². The summed E-state index contributed by atoms with van der Waals surface area (Å²) in [6.07, 6.45) is 9.72. The van der Waals surface area contributed by atoms with E-state index in [1.807, 2.05) is 0 Å². The number of allylic oxidation sites excluding steroid dienone is 1. The van der Waals surface area contributed by atoms with Crippen molar-refractivity contribution in [2.24, 2.45) is 0 Å². The standard InChI is InChI=1S/C24H35N/c1-6-9-17(4)14-22-18(5)12-13-25-16-23-20(15-24(22)25)11-10-19(7-2)21(23)8-3/h10-11,14,24H,6-9,12-13,15-16H2,1-5H3/b17-14-. The Morgan fingerprint density at radius 1 is 1.20 bits per heavy atom. The average molecular weight is 338 g/mol. The lowest BCUT2D eigenvalue weighted by atomic mass is 9.81. The minimum atomic E-state index is 0.588. The van der Waals surface area contributed by atoms with E-state index in [1.165, 1.54) is 38.6 Å². The molecule has 1 unspecified atom stereocenters. The van der Waals surface area contributed by atoms with Crippen LogP contribution in [0.3, 0.4) is 0 Å². The van der Waals surface area contributed by atoms with Crippen LogP contribution in [0.15, 0.2) is 34.9 Å². The van der Waals surface area contributed by atoms with Crippen LogP contribution in [0.4, 0.5) is 0 Å². The molecule has 2 aliphatic rings. The normalized spacial score (nSPS) is 21.3. The summed E-state index contributed by atoms with van der Waals surface area (Å²) in [7, 11) is 0. The number of nitrogens with zero attached hydrogens (tertiary/aromatic N) is 1. The maximum Gasteiger partial charge on any atom is 0.0391 e. The molecule has 0 saturated carbocycles. The van der Waals surface area contributed by atoms with Crippen molar-refractivity contribution < 1.29 is 0 Å². The van der Waals surface area contributed by atoms with Gasteiger partial charge in [-0.1, -0.05) is 56.5 Å². The topological polar surface area (TPSA) is 3.24 Å². The number of hydrogen-bond acceptors (Lipinski definition) is 1. The molecule has 1 atom stereocenters. The Balaban J connectivity index is 1.97. The third-order valence-electron chi connectivity index (χ3n) is 6.25. The molecule has 0 bridgehead atoms. The Bertz CT molecular complexity index is 692. The van der Waals surface area contributed by atoms with E-state index in [9.17, 15) is 0 Å². The minimum absolute atomic E-state index is 0.588. The van der Waals surface area contributed by atoms with Crippen LogP contribution in [0.25, 0.3) is 0 Å². The van der Waals surface area contributed by atoms with Crippen LogP contribution in [-0.2, 0) is 25.8 Å². The molecule has 1 aromatic carbocycles. The number of hydrogen-bond donors (Lipinski definition) is 0. The Morgan fingerprint density at radius 2 is 2.00 bits per heavy atom. The largest absolute Gasteiger partial charge is 0.291 e. The van der Waals surface area contributed by atoms with Crippen molar-refractivity contribution in [3.05, 3.63) is 57.2 Å². The van der Waals surface area contributed by atoms with Gasteiger partial charge in [0.15, 0.2) is 0 Å². The fourth-order valence-electron chi connectivity index (χ4n) is 4.83. The molecule has 0 saturated heterocycles. The van der Waals surface area contributed by atoms with Crippen molar-refractivity contribution in [1.29, 1.82) is 0 Å². The molecular weight excluding hydrogens is 302 g/mol. The van der Waals surface area contributed by atoms with Crippen molar-refractivity contribution >= 4 is 0 Å². The van der Waals surface area contributed by atoms with Gasteiger partial charge in [-0.25, -0.2) is 0 Å². The van der Waals surface area contributed by atoms with Crippen molar-refractivity contribution in [3.63, 3.8) is 0 Å². The zero-order valence-corrected chi connectivity index (χ0v) is 16.9. The lowest BCUT2D eigenvalue weighted by Crippen LogP contribution is -2.45. The molecule has 2 aliphatic heterocycles. The predicted octanol–water partition coefficient (Wildman–Crippen LogP) is 6.00. The molecule has 1 nitrogen and oxygen atoms in total. The zero-order valence-electron chi connectivity index (χ0n) is 16.9. The van der Waals surface area contributed by atoms with Crippen molar-refractivity contribution in [3.8, 4) is 0 Å². The number of benzene rings is 1. The van der Waals surface area contributed by atoms with Gasteiger partial charge in [0.1, 0.15) is 0 Å². The smallest absolute Gasteiger partial charge is 0.0391 e. The van der Waals surface area contributed by atoms with Crippen molar-refractivity contribution in [2.75, 3.05) is 6.54 Å². The molecule has 0 fully saturated rings. The molecule has 0 amide bonds. The van der Waals surface area contributed by atoms with E-state index >= 15 is 0 Å². The first-order valence-corrected chi connectivity index (χ1v) is 10.3. The lowest BCUT2D eigenvalue weighted by Gasteiger charge is -2.42. The van der Waals surface area contributed by atoms with Crippen LogP contribution in [0.2, 0.25) is 0 Å². The number of fused-ring (bicyclic) bond motifs is 2. The summed E-state index contributed by atoms with van der Waals surface area (Å²) in [4.78, 5) is 2.75. The minimum Gasteiger partial charge on any atom is -0.291 e. The summed E-state index contributed by atoms with van der Waals surface area (Å²) < 4.78 is 0. The average Bonchev–Trinajstić information content (AvgIpc) is 2.62. The predicted molar refractivity (Wildman–Crippen MR) is 109 cm³/mol. The molecule has 0 aliphatic carbocycles. The quantitative estimate of drug-likeness (QED) is 0.636. The summed E-state index contributed by atoms with van der Waals surface area (Å²) in [6.45, 7) is 13.9. The highest BCUT2D eigenvalue weighted by atomic mass is 15.2. The van der Waals surface area contributed by atoms with Crippen LogP contribution in [-0.4, -0.2) is 17.5 Å². The van der Waals surface area contributed by atoms with Gasteiger partial charge >= 0.3 is 0 Å². The van der Waals surface area contributed by atoms with Gasteiger partial charge < -0.3 is 0 Å². The second-order valence-corrected chi connectivity index (χ2v) is 7.96. The maximum atomic E-state index is 2.75. The molecule has 1 heteroatoms. The molecule has 136 valence electrons. The van der Waals surface area contributed by atoms with E-state index in [1.54, 1.807) is 39.0 Å². The molecule has 25 heavy (non-hydrogen) atoms. The van der Waals surface area contributed by atoms with E-state index < -0.39 is 0 Å². The van der Waals surface area contributed by atoms with Crippen LogP contribution >= 0.6 is 0 Å². The summed E-state index contributed by atoms with van der Waals surface area (Å²) >= 11 is 0. The molecule has 2 heterocycles. The monoisotopic (exact) mass is 337 g/mol. The maximum absolute atomic E-state index is 2.75. The van der Waals surface area contributed by atoms with Gasteiger partial charge in [-0.05, 0) is 73.8 Å². The zero-order chi connectivity index (χ0) is 18.0. The van der Waals surface area contributed by atoms with E-state index in [0.717, 1.165) is 13.0 Å². The second kappa shape index (κ2) is 7.91. The summed E-state index contributed by atoms with van der Waals surface area (Å²) in [6, 6.07) is 5.41. The van der Waals surface area contributed by atoms with Crippen LogP contribution in [0.1, 0.15) is 76.1 Å². The molecule has 1 aromatic rings. The molecule has 0 aromatic heterocycles. The number of aryl methyl sites for hydroxylation is 1. The molecule has 3 rings (SSSR count). The fourth-order valence-corrected chi connectivity index (χ4v) is 4.83. The van der Waals surface area contributed by atoms with Crippen molar-refractivity contribution in [2.45, 2.75) is 85.7 Å². The van der Waals surface area contributed by atoms with Gasteiger partial charge in [0, 0.05) is 19.1 Å². The van der Waals surface area contributed by atoms with Crippen LogP contribution < -0.4 is 0 Å². The summed E-state index contributed by atoms with van der Waals surface area (Å²) in [5, 5.41) is 0. The SMILES string of the molecule is CCC/C(C)=C\C1=C(C)CCN2Cc3c(ccc(CC)c3CC)CC12. The third-order valence-corrected chi connectivity index (χ3v) is 6.25. The van der Waals surface area contributed by atoms with E-state index in [4.69, 9.17) is 0 Å². The highest BCUT2D eigenvalue weighted by Crippen LogP contribution is 2.36. The van der Waals surface area contributed by atoms with E-state index in [2.05, 4.69) is 57.7 Å². The van der Waals surface area contributed by atoms with Gasteiger partial charge in [-0.2, -0.15) is 0 Å². The van der Waals surface area contributed by atoms with E-state index in [-0.39, 0.29) is 0 Å². The Kier molecular flexibility index (Phi) is 5.84. The number of rotatable bonds is 5. The molecule has 0 N–H and O–H groups in total. The Morgan fingerprint density at radius 3 is 2.68 bits per heavy atom.